The van der Waals surface area contributed by atoms with E-state index in [1.165, 1.54) is 26.1 Å². The summed E-state index contributed by atoms with van der Waals surface area (Å²) in [5.74, 6) is 1.68. The number of fused-ring (bicyclic) bond motifs is 1. The van der Waals surface area contributed by atoms with Crippen LogP contribution in [0.2, 0.25) is 5.02 Å². The smallest absolute Gasteiger partial charge is 0.255 e. The highest BCUT2D eigenvalue weighted by molar-refractivity contribution is 6.32. The van der Waals surface area contributed by atoms with Crippen LogP contribution in [0.5, 0.6) is 17.2 Å². The maximum atomic E-state index is 13.8. The van der Waals surface area contributed by atoms with Gasteiger partial charge in [-0.25, -0.2) is 4.68 Å². The van der Waals surface area contributed by atoms with E-state index < -0.39 is 6.04 Å². The number of hydrogen-bond donors (Lipinski definition) is 2. The highest BCUT2D eigenvalue weighted by Gasteiger charge is 2.34. The second kappa shape index (κ2) is 11.1. The molecule has 9 nitrogen and oxygen atoms in total. The van der Waals surface area contributed by atoms with Crippen molar-refractivity contribution in [1.29, 1.82) is 0 Å². The minimum Gasteiger partial charge on any atom is -0.495 e. The van der Waals surface area contributed by atoms with Crippen LogP contribution in [0.1, 0.15) is 29.7 Å². The van der Waals surface area contributed by atoms with Gasteiger partial charge in [0.2, 0.25) is 5.95 Å². The van der Waals surface area contributed by atoms with E-state index in [1.807, 2.05) is 50.2 Å². The van der Waals surface area contributed by atoms with Crippen LogP contribution in [0.15, 0.2) is 78.3 Å². The molecule has 10 heteroatoms. The van der Waals surface area contributed by atoms with Crippen LogP contribution < -0.4 is 24.8 Å². The van der Waals surface area contributed by atoms with Crippen molar-refractivity contribution < 1.29 is 19.0 Å². The third-order valence-corrected chi connectivity index (χ3v) is 6.76. The number of benzene rings is 3. The van der Waals surface area contributed by atoms with Gasteiger partial charge in [-0.1, -0.05) is 53.6 Å². The Kier molecular flexibility index (Phi) is 7.42. The number of carbonyl (C=O) groups is 1. The number of hydrogen-bond acceptors (Lipinski definition) is 7. The topological polar surface area (TPSA) is 99.5 Å². The van der Waals surface area contributed by atoms with Gasteiger partial charge in [0.15, 0.2) is 0 Å². The number of halogens is 1. The number of nitrogens with one attached hydrogen (secondary N) is 2. The van der Waals surface area contributed by atoms with Crippen LogP contribution in [0.4, 0.5) is 11.6 Å². The zero-order valence-corrected chi connectivity index (χ0v) is 22.7. The number of nitrogens with zero attached hydrogens (tertiary/aromatic N) is 3. The molecule has 2 heterocycles. The second-order valence-electron chi connectivity index (χ2n) is 9.08. The maximum Gasteiger partial charge on any atom is 0.255 e. The molecule has 0 aliphatic carbocycles. The summed E-state index contributed by atoms with van der Waals surface area (Å²) in [4.78, 5) is 18.2. The number of aryl methyl sites for hydroxylation is 1. The third kappa shape index (κ3) is 5.39. The first-order valence-corrected chi connectivity index (χ1v) is 12.6. The van der Waals surface area contributed by atoms with E-state index in [1.54, 1.807) is 16.8 Å². The molecule has 200 valence electrons. The van der Waals surface area contributed by atoms with Gasteiger partial charge >= 0.3 is 0 Å². The van der Waals surface area contributed by atoms with Crippen LogP contribution >= 0.6 is 11.6 Å². The molecule has 5 rings (SSSR count). The number of allylic oxidation sites excluding steroid dienone is 1. The van der Waals surface area contributed by atoms with Gasteiger partial charge in [0.1, 0.15) is 36.2 Å². The summed E-state index contributed by atoms with van der Waals surface area (Å²) in [5, 5.41) is 10.9. The summed E-state index contributed by atoms with van der Waals surface area (Å²) in [7, 11) is 3.01. The Labute approximate surface area is 231 Å². The lowest BCUT2D eigenvalue weighted by molar-refractivity contribution is -0.113. The van der Waals surface area contributed by atoms with Crippen molar-refractivity contribution in [3.63, 3.8) is 0 Å². The van der Waals surface area contributed by atoms with Gasteiger partial charge in [-0.05, 0) is 37.1 Å². The molecule has 0 spiro atoms. The van der Waals surface area contributed by atoms with Crippen molar-refractivity contribution in [2.75, 3.05) is 24.9 Å². The van der Waals surface area contributed by atoms with Gasteiger partial charge in [-0.2, -0.15) is 10.1 Å². The summed E-state index contributed by atoms with van der Waals surface area (Å²) >= 11 is 6.25. The molecule has 0 radical (unpaired) electrons. The molecular formula is C29H28ClN5O4. The molecule has 4 aromatic rings. The first kappa shape index (κ1) is 26.1. The quantitative estimate of drug-likeness (QED) is 0.290. The van der Waals surface area contributed by atoms with E-state index >= 15 is 0 Å². The molecule has 0 unspecified atom stereocenters. The molecule has 39 heavy (non-hydrogen) atoms. The number of aromatic nitrogens is 3. The molecule has 0 bridgehead atoms. The second-order valence-corrected chi connectivity index (χ2v) is 9.49. The first-order chi connectivity index (χ1) is 18.9. The number of amides is 1. The predicted molar refractivity (Wildman–Crippen MR) is 150 cm³/mol. The normalized spacial score (nSPS) is 14.3. The highest BCUT2D eigenvalue weighted by Crippen LogP contribution is 2.39. The maximum absolute atomic E-state index is 13.8. The Hall–Kier alpha value is -4.50. The number of ether oxygens (including phenoxy) is 3. The number of carbonyl (C=O) groups excluding carboxylic acids is 1. The van der Waals surface area contributed by atoms with E-state index in [0.29, 0.717) is 51.8 Å². The van der Waals surface area contributed by atoms with E-state index in [9.17, 15) is 4.79 Å². The van der Waals surface area contributed by atoms with E-state index in [2.05, 4.69) is 32.8 Å². The zero-order chi connectivity index (χ0) is 27.5. The minimum absolute atomic E-state index is 0.347. The molecule has 0 fully saturated rings. The van der Waals surface area contributed by atoms with Crippen molar-refractivity contribution in [3.8, 4) is 17.2 Å². The fourth-order valence-electron chi connectivity index (χ4n) is 4.47. The average molecular weight is 546 g/mol. The Balaban J connectivity index is 1.47. The fourth-order valence-corrected chi connectivity index (χ4v) is 4.70. The summed E-state index contributed by atoms with van der Waals surface area (Å²) in [5.41, 5.74) is 4.59. The van der Waals surface area contributed by atoms with Crippen LogP contribution in [0, 0.1) is 6.92 Å². The van der Waals surface area contributed by atoms with Gasteiger partial charge in [-0.3, -0.25) is 4.79 Å². The van der Waals surface area contributed by atoms with Crippen LogP contribution in [-0.4, -0.2) is 34.9 Å². The van der Waals surface area contributed by atoms with Crippen LogP contribution in [0.25, 0.3) is 0 Å². The van der Waals surface area contributed by atoms with Gasteiger partial charge < -0.3 is 24.8 Å². The first-order valence-electron chi connectivity index (χ1n) is 12.3. The Morgan fingerprint density at radius 1 is 1.05 bits per heavy atom. The fraction of sp³-hybridized carbons (Fsp3) is 0.207. The minimum atomic E-state index is -0.563. The standard InChI is InChI=1S/C29H28ClN5O4/c1-17-8-10-19(11-9-17)15-39-21-7-5-6-20(12-21)27-26(18(2)33-29-31-16-32-35(27)29)28(36)34-23-14-24(37-3)22(30)13-25(23)38-4/h5-14,16,27H,15H2,1-4H3,(H,34,36)(H,31,32,33)/t27-/m1/s1. The van der Waals surface area contributed by atoms with Crippen molar-refractivity contribution >= 4 is 29.1 Å². The lowest BCUT2D eigenvalue weighted by Gasteiger charge is -2.29. The molecule has 3 aromatic carbocycles. The van der Waals surface area contributed by atoms with Crippen LogP contribution in [0.3, 0.4) is 0 Å². The van der Waals surface area contributed by atoms with Gasteiger partial charge in [-0.15, -0.1) is 0 Å². The molecule has 1 aliphatic heterocycles. The van der Waals surface area contributed by atoms with Crippen molar-refractivity contribution in [2.24, 2.45) is 0 Å². The zero-order valence-electron chi connectivity index (χ0n) is 22.0. The average Bonchev–Trinajstić information content (AvgIpc) is 3.40. The molecule has 2 N–H and O–H groups in total. The van der Waals surface area contributed by atoms with E-state index in [0.717, 1.165) is 11.1 Å². The molecule has 0 saturated heterocycles. The third-order valence-electron chi connectivity index (χ3n) is 6.46. The van der Waals surface area contributed by atoms with Crippen molar-refractivity contribution in [1.82, 2.24) is 14.8 Å². The van der Waals surface area contributed by atoms with Gasteiger partial charge in [0.05, 0.1) is 30.5 Å². The van der Waals surface area contributed by atoms with E-state index in [4.69, 9.17) is 25.8 Å². The summed E-state index contributed by atoms with van der Waals surface area (Å²) in [6.45, 7) is 4.30. The number of rotatable bonds is 8. The van der Waals surface area contributed by atoms with E-state index in [-0.39, 0.29) is 5.91 Å². The molecular weight excluding hydrogens is 518 g/mol. The SMILES string of the molecule is COc1cc(NC(=O)C2=C(C)Nc3ncnn3[C@@H]2c2cccc(OCc3ccc(C)cc3)c2)c(OC)cc1Cl. The molecule has 1 aromatic heterocycles. The molecule has 1 aliphatic rings. The molecule has 1 amide bonds. The summed E-state index contributed by atoms with van der Waals surface area (Å²) < 4.78 is 18.6. The number of methoxy groups -OCH3 is 2. The van der Waals surface area contributed by atoms with Gasteiger partial charge in [0, 0.05) is 17.8 Å². The Morgan fingerprint density at radius 3 is 2.56 bits per heavy atom. The largest absolute Gasteiger partial charge is 0.495 e. The molecule has 1 atom stereocenters. The highest BCUT2D eigenvalue weighted by atomic mass is 35.5. The van der Waals surface area contributed by atoms with Crippen molar-refractivity contribution in [2.45, 2.75) is 26.5 Å². The van der Waals surface area contributed by atoms with Crippen LogP contribution in [-0.2, 0) is 11.4 Å². The summed E-state index contributed by atoms with van der Waals surface area (Å²) in [6, 6.07) is 18.5. The number of anilines is 2. The lowest BCUT2D eigenvalue weighted by Crippen LogP contribution is -2.31. The Bertz CT molecular complexity index is 1550. The monoisotopic (exact) mass is 545 g/mol. The molecule has 0 saturated carbocycles. The van der Waals surface area contributed by atoms with Crippen molar-refractivity contribution in [3.05, 3.63) is 100.0 Å². The predicted octanol–water partition coefficient (Wildman–Crippen LogP) is 5.76. The Morgan fingerprint density at radius 2 is 1.82 bits per heavy atom. The summed E-state index contributed by atoms with van der Waals surface area (Å²) in [6.07, 6.45) is 1.45. The van der Waals surface area contributed by atoms with Gasteiger partial charge in [0.25, 0.3) is 5.91 Å². The lowest BCUT2D eigenvalue weighted by atomic mass is 9.94.